The van der Waals surface area contributed by atoms with Gasteiger partial charge in [0.2, 0.25) is 0 Å². The number of anilines is 1. The van der Waals surface area contributed by atoms with Crippen LogP contribution in [0.3, 0.4) is 0 Å². The zero-order chi connectivity index (χ0) is 30.5. The highest BCUT2D eigenvalue weighted by molar-refractivity contribution is 7.15. The molecule has 222 valence electrons. The zero-order valence-corrected chi connectivity index (χ0v) is 22.8. The molecule has 6 nitrogen and oxygen atoms in total. The zero-order valence-electron chi connectivity index (χ0n) is 22.0. The molecule has 0 radical (unpaired) electrons. The molecule has 0 saturated carbocycles. The van der Waals surface area contributed by atoms with E-state index in [-0.39, 0.29) is 24.3 Å². The number of amides is 1. The van der Waals surface area contributed by atoms with Gasteiger partial charge >= 0.3 is 12.5 Å². The third-order valence-corrected chi connectivity index (χ3v) is 7.18. The van der Waals surface area contributed by atoms with Gasteiger partial charge in [-0.05, 0) is 85.1 Å². The predicted molar refractivity (Wildman–Crippen MR) is 147 cm³/mol. The first-order chi connectivity index (χ1) is 19.8. The van der Waals surface area contributed by atoms with Crippen LogP contribution < -0.4 is 20.3 Å². The molecule has 1 amide bonds. The highest BCUT2D eigenvalue weighted by Gasteiger charge is 2.31. The Bertz CT molecular complexity index is 1580. The van der Waals surface area contributed by atoms with Gasteiger partial charge in [-0.3, -0.25) is 9.59 Å². The first kappa shape index (κ1) is 30.7. The fourth-order valence-electron chi connectivity index (χ4n) is 3.97. The van der Waals surface area contributed by atoms with Crippen molar-refractivity contribution < 1.29 is 40.6 Å². The molecule has 0 aliphatic heterocycles. The van der Waals surface area contributed by atoms with E-state index in [0.717, 1.165) is 23.4 Å². The fraction of sp³-hybridized carbons (Fsp3) is 0.241. The predicted octanol–water partition coefficient (Wildman–Crippen LogP) is 8.21. The van der Waals surface area contributed by atoms with Crippen LogP contribution in [-0.2, 0) is 6.42 Å². The molecule has 0 aliphatic carbocycles. The Kier molecular flexibility index (Phi) is 9.30. The van der Waals surface area contributed by atoms with Crippen LogP contribution in [0.2, 0.25) is 0 Å². The lowest BCUT2D eigenvalue weighted by Gasteiger charge is -2.13. The summed E-state index contributed by atoms with van der Waals surface area (Å²) in [5.74, 6) is -0.875. The molecule has 0 saturated heterocycles. The SMILES string of the molecule is CCc1ccc(-c2cc(-c3ccc(OCCCC(F)(F)F)cc3)[nH]c(=O)c2C(=O)Nc2ccc(OC(F)(F)F)cc2)s1. The van der Waals surface area contributed by atoms with Crippen molar-refractivity contribution in [3.05, 3.63) is 87.5 Å². The number of thiophene rings is 1. The van der Waals surface area contributed by atoms with Crippen LogP contribution >= 0.6 is 11.3 Å². The average Bonchev–Trinajstić information content (AvgIpc) is 3.40. The van der Waals surface area contributed by atoms with E-state index in [4.69, 9.17) is 4.74 Å². The number of ether oxygens (including phenoxy) is 2. The second-order valence-electron chi connectivity index (χ2n) is 9.04. The van der Waals surface area contributed by atoms with Gasteiger partial charge in [-0.1, -0.05) is 6.92 Å². The smallest absolute Gasteiger partial charge is 0.494 e. The molecule has 4 aromatic rings. The highest BCUT2D eigenvalue weighted by atomic mass is 32.1. The van der Waals surface area contributed by atoms with Crippen LogP contribution in [0.15, 0.2) is 71.5 Å². The molecule has 0 unspecified atom stereocenters. The van der Waals surface area contributed by atoms with Gasteiger partial charge in [0.1, 0.15) is 17.1 Å². The van der Waals surface area contributed by atoms with E-state index in [1.54, 1.807) is 36.4 Å². The van der Waals surface area contributed by atoms with Crippen molar-refractivity contribution >= 4 is 22.9 Å². The van der Waals surface area contributed by atoms with Gasteiger partial charge in [0.05, 0.1) is 6.61 Å². The van der Waals surface area contributed by atoms with Gasteiger partial charge in [-0.25, -0.2) is 0 Å². The summed E-state index contributed by atoms with van der Waals surface area (Å²) in [7, 11) is 0. The number of aryl methyl sites for hydroxylation is 1. The van der Waals surface area contributed by atoms with Crippen molar-refractivity contribution in [3.8, 4) is 33.2 Å². The van der Waals surface area contributed by atoms with Gasteiger partial charge in [0.25, 0.3) is 11.5 Å². The molecule has 2 heterocycles. The maximum atomic E-state index is 13.3. The van der Waals surface area contributed by atoms with Crippen molar-refractivity contribution in [2.45, 2.75) is 38.7 Å². The van der Waals surface area contributed by atoms with Crippen molar-refractivity contribution in [1.29, 1.82) is 0 Å². The lowest BCUT2D eigenvalue weighted by atomic mass is 10.0. The van der Waals surface area contributed by atoms with Gasteiger partial charge in [-0.15, -0.1) is 24.5 Å². The Morgan fingerprint density at radius 1 is 0.929 bits per heavy atom. The molecule has 42 heavy (non-hydrogen) atoms. The van der Waals surface area contributed by atoms with Crippen LogP contribution in [-0.4, -0.2) is 30.0 Å². The van der Waals surface area contributed by atoms with Crippen LogP contribution in [0, 0.1) is 0 Å². The van der Waals surface area contributed by atoms with Crippen molar-refractivity contribution in [3.63, 3.8) is 0 Å². The number of alkyl halides is 6. The average molecular weight is 611 g/mol. The van der Waals surface area contributed by atoms with Crippen molar-refractivity contribution in [1.82, 2.24) is 4.98 Å². The number of aromatic amines is 1. The van der Waals surface area contributed by atoms with E-state index in [1.807, 2.05) is 13.0 Å². The first-order valence-electron chi connectivity index (χ1n) is 12.6. The van der Waals surface area contributed by atoms with Crippen LogP contribution in [0.5, 0.6) is 11.5 Å². The minimum absolute atomic E-state index is 0.111. The molecule has 13 heteroatoms. The number of carbonyl (C=O) groups is 1. The number of pyridine rings is 1. The Morgan fingerprint density at radius 2 is 1.60 bits per heavy atom. The standard InChI is InChI=1S/C29H24F6N2O4S/c1-2-21-12-13-24(42-21)22-16-23(17-4-8-19(9-5-17)40-15-3-14-28(30,31)32)37-27(39)25(22)26(38)36-18-6-10-20(11-7-18)41-29(33,34)35/h4-13,16H,2-3,14-15H2,1H3,(H,36,38)(H,37,39). The molecule has 0 spiro atoms. The van der Waals surface area contributed by atoms with Crippen molar-refractivity contribution in [2.24, 2.45) is 0 Å². The molecule has 4 rings (SSSR count). The van der Waals surface area contributed by atoms with E-state index < -0.39 is 36.2 Å². The summed E-state index contributed by atoms with van der Waals surface area (Å²) in [6.07, 6.45) is -9.51. The van der Waals surface area contributed by atoms with E-state index in [9.17, 15) is 35.9 Å². The van der Waals surface area contributed by atoms with Crippen LogP contribution in [0.4, 0.5) is 32.0 Å². The molecule has 2 aromatic carbocycles. The number of rotatable bonds is 10. The molecular formula is C29H24F6N2O4S. The normalized spacial score (nSPS) is 11.8. The monoisotopic (exact) mass is 610 g/mol. The maximum Gasteiger partial charge on any atom is 0.573 e. The quantitative estimate of drug-likeness (QED) is 0.140. The number of H-pyrrole nitrogens is 1. The number of hydrogen-bond acceptors (Lipinski definition) is 5. The first-order valence-corrected chi connectivity index (χ1v) is 13.5. The van der Waals surface area contributed by atoms with E-state index in [1.165, 1.54) is 23.5 Å². The van der Waals surface area contributed by atoms with E-state index >= 15 is 0 Å². The van der Waals surface area contributed by atoms with E-state index in [2.05, 4.69) is 15.0 Å². The number of benzene rings is 2. The van der Waals surface area contributed by atoms with E-state index in [0.29, 0.717) is 27.4 Å². The second kappa shape index (κ2) is 12.7. The fourth-order valence-corrected chi connectivity index (χ4v) is 4.94. The summed E-state index contributed by atoms with van der Waals surface area (Å²) in [6, 6.07) is 16.2. The largest absolute Gasteiger partial charge is 0.573 e. The maximum absolute atomic E-state index is 13.3. The topological polar surface area (TPSA) is 80.4 Å². The summed E-state index contributed by atoms with van der Waals surface area (Å²) in [5.41, 5.74) is 0.556. The molecular weight excluding hydrogens is 586 g/mol. The summed E-state index contributed by atoms with van der Waals surface area (Å²) >= 11 is 1.40. The lowest BCUT2D eigenvalue weighted by molar-refractivity contribution is -0.274. The van der Waals surface area contributed by atoms with Gasteiger partial charge < -0.3 is 19.8 Å². The van der Waals surface area contributed by atoms with Gasteiger partial charge in [-0.2, -0.15) is 13.2 Å². The Balaban J connectivity index is 1.60. The minimum Gasteiger partial charge on any atom is -0.494 e. The highest BCUT2D eigenvalue weighted by Crippen LogP contribution is 2.33. The third kappa shape index (κ3) is 8.38. The molecule has 0 bridgehead atoms. The number of aromatic nitrogens is 1. The summed E-state index contributed by atoms with van der Waals surface area (Å²) in [6.45, 7) is 1.85. The van der Waals surface area contributed by atoms with Crippen LogP contribution in [0.1, 0.15) is 35.0 Å². The third-order valence-electron chi connectivity index (χ3n) is 5.92. The van der Waals surface area contributed by atoms with Gasteiger partial charge in [0.15, 0.2) is 0 Å². The summed E-state index contributed by atoms with van der Waals surface area (Å²) < 4.78 is 83.6. The summed E-state index contributed by atoms with van der Waals surface area (Å²) in [4.78, 5) is 30.9. The van der Waals surface area contributed by atoms with Crippen LogP contribution in [0.25, 0.3) is 21.7 Å². The lowest BCUT2D eigenvalue weighted by Crippen LogP contribution is -2.24. The number of hydrogen-bond donors (Lipinski definition) is 2. The minimum atomic E-state index is -4.86. The Labute approximate surface area is 239 Å². The molecule has 2 aromatic heterocycles. The Morgan fingerprint density at radius 3 is 2.19 bits per heavy atom. The Hall–Kier alpha value is -4.26. The molecule has 0 atom stereocenters. The summed E-state index contributed by atoms with van der Waals surface area (Å²) in [5, 5.41) is 2.54. The molecule has 2 N–H and O–H groups in total. The number of carbonyl (C=O) groups excluding carboxylic acids is 1. The van der Waals surface area contributed by atoms with Gasteiger partial charge in [0, 0.05) is 33.1 Å². The van der Waals surface area contributed by atoms with Crippen molar-refractivity contribution in [2.75, 3.05) is 11.9 Å². The molecule has 0 fully saturated rings. The number of nitrogens with one attached hydrogen (secondary N) is 2. The number of halogens is 6. The molecule has 0 aliphatic rings. The second-order valence-corrected chi connectivity index (χ2v) is 10.2.